The molecule has 0 bridgehead atoms. The topological polar surface area (TPSA) is 56.9 Å². The van der Waals surface area contributed by atoms with Crippen LogP contribution in [0.3, 0.4) is 0 Å². The van der Waals surface area contributed by atoms with Crippen molar-refractivity contribution < 1.29 is 0 Å². The van der Waals surface area contributed by atoms with Gasteiger partial charge in [0, 0.05) is 18.8 Å². The van der Waals surface area contributed by atoms with Crippen molar-refractivity contribution in [1.29, 1.82) is 0 Å². The van der Waals surface area contributed by atoms with E-state index in [-0.39, 0.29) is 5.56 Å². The average Bonchev–Trinajstić information content (AvgIpc) is 2.23. The van der Waals surface area contributed by atoms with Crippen LogP contribution in [0.2, 0.25) is 0 Å². The number of aromatic nitrogens is 1. The zero-order valence-corrected chi connectivity index (χ0v) is 9.18. The monoisotopic (exact) mass is 209 g/mol. The second kappa shape index (κ2) is 7.20. The first-order valence-electron chi connectivity index (χ1n) is 5.42. The molecule has 84 valence electrons. The summed E-state index contributed by atoms with van der Waals surface area (Å²) in [6.07, 6.45) is 2.79. The van der Waals surface area contributed by atoms with Crippen LogP contribution in [-0.2, 0) is 6.54 Å². The van der Waals surface area contributed by atoms with Crippen molar-refractivity contribution >= 4 is 0 Å². The molecule has 0 atom stereocenters. The van der Waals surface area contributed by atoms with Gasteiger partial charge in [0.1, 0.15) is 0 Å². The molecule has 0 amide bonds. The van der Waals surface area contributed by atoms with E-state index in [0.29, 0.717) is 0 Å². The van der Waals surface area contributed by atoms with Gasteiger partial charge in [0.05, 0.1) is 0 Å². The van der Waals surface area contributed by atoms with Crippen LogP contribution in [0.25, 0.3) is 0 Å². The Kier molecular flexibility index (Phi) is 5.73. The molecule has 1 aromatic rings. The number of pyridine rings is 1. The fourth-order valence-electron chi connectivity index (χ4n) is 1.35. The van der Waals surface area contributed by atoms with Gasteiger partial charge in [0.25, 0.3) is 0 Å². The second-order valence-electron chi connectivity index (χ2n) is 3.45. The highest BCUT2D eigenvalue weighted by Crippen LogP contribution is 1.91. The lowest BCUT2D eigenvalue weighted by Crippen LogP contribution is -2.22. The Balaban J connectivity index is 2.12. The number of hydrogen-bond acceptors (Lipinski definition) is 3. The smallest absolute Gasteiger partial charge is 0.248 e. The lowest BCUT2D eigenvalue weighted by molar-refractivity contribution is 0.606. The van der Waals surface area contributed by atoms with Gasteiger partial charge < -0.3 is 15.6 Å². The molecule has 0 saturated heterocycles. The Morgan fingerprint density at radius 3 is 2.87 bits per heavy atom. The number of nitrogens with one attached hydrogen (secondary N) is 3. The van der Waals surface area contributed by atoms with E-state index in [4.69, 9.17) is 0 Å². The molecule has 0 aromatic carbocycles. The van der Waals surface area contributed by atoms with Gasteiger partial charge >= 0.3 is 0 Å². The number of hydrogen-bond donors (Lipinski definition) is 3. The lowest BCUT2D eigenvalue weighted by Gasteiger charge is -2.04. The normalized spacial score (nSPS) is 10.5. The Bertz CT molecular complexity index is 322. The molecule has 15 heavy (non-hydrogen) atoms. The van der Waals surface area contributed by atoms with Crippen LogP contribution in [0.1, 0.15) is 18.9 Å². The second-order valence-corrected chi connectivity index (χ2v) is 3.45. The van der Waals surface area contributed by atoms with E-state index >= 15 is 0 Å². The molecule has 3 N–H and O–H groups in total. The molecule has 0 fully saturated rings. The third kappa shape index (κ3) is 5.34. The zero-order chi connectivity index (χ0) is 10.9. The van der Waals surface area contributed by atoms with Gasteiger partial charge in [0.2, 0.25) is 5.56 Å². The van der Waals surface area contributed by atoms with Crippen molar-refractivity contribution in [3.63, 3.8) is 0 Å². The SMILES string of the molecule is CCNCCCNCc1cc[nH]c(=O)c1. The Hall–Kier alpha value is -1.13. The number of rotatable bonds is 7. The van der Waals surface area contributed by atoms with Crippen LogP contribution >= 0.6 is 0 Å². The molecule has 0 radical (unpaired) electrons. The summed E-state index contributed by atoms with van der Waals surface area (Å²) >= 11 is 0. The average molecular weight is 209 g/mol. The maximum atomic E-state index is 11.0. The lowest BCUT2D eigenvalue weighted by atomic mass is 10.2. The molecule has 0 aliphatic heterocycles. The summed E-state index contributed by atoms with van der Waals surface area (Å²) in [7, 11) is 0. The summed E-state index contributed by atoms with van der Waals surface area (Å²) in [5.74, 6) is 0. The minimum absolute atomic E-state index is 0.0399. The van der Waals surface area contributed by atoms with Crippen molar-refractivity contribution in [2.45, 2.75) is 19.9 Å². The molecule has 1 rings (SSSR count). The van der Waals surface area contributed by atoms with Gasteiger partial charge in [-0.05, 0) is 37.7 Å². The van der Waals surface area contributed by atoms with Gasteiger partial charge in [-0.2, -0.15) is 0 Å². The summed E-state index contributed by atoms with van der Waals surface area (Å²) in [6, 6.07) is 3.54. The van der Waals surface area contributed by atoms with Crippen LogP contribution in [0.15, 0.2) is 23.1 Å². The maximum Gasteiger partial charge on any atom is 0.248 e. The molecular formula is C11H19N3O. The molecule has 0 unspecified atom stereocenters. The van der Waals surface area contributed by atoms with Crippen molar-refractivity contribution in [3.05, 3.63) is 34.2 Å². The molecule has 0 spiro atoms. The summed E-state index contributed by atoms with van der Waals surface area (Å²) in [6.45, 7) is 5.90. The summed E-state index contributed by atoms with van der Waals surface area (Å²) in [5, 5.41) is 6.56. The third-order valence-electron chi connectivity index (χ3n) is 2.13. The largest absolute Gasteiger partial charge is 0.329 e. The fraction of sp³-hybridized carbons (Fsp3) is 0.545. The minimum Gasteiger partial charge on any atom is -0.329 e. The Morgan fingerprint density at radius 1 is 1.33 bits per heavy atom. The zero-order valence-electron chi connectivity index (χ0n) is 9.18. The van der Waals surface area contributed by atoms with Gasteiger partial charge in [-0.15, -0.1) is 0 Å². The van der Waals surface area contributed by atoms with E-state index in [1.54, 1.807) is 12.3 Å². The predicted molar refractivity (Wildman–Crippen MR) is 61.9 cm³/mol. The van der Waals surface area contributed by atoms with Crippen molar-refractivity contribution in [2.24, 2.45) is 0 Å². The minimum atomic E-state index is -0.0399. The molecule has 4 nitrogen and oxygen atoms in total. The molecular weight excluding hydrogens is 190 g/mol. The van der Waals surface area contributed by atoms with Crippen LogP contribution in [0.4, 0.5) is 0 Å². The first-order chi connectivity index (χ1) is 7.33. The fourth-order valence-corrected chi connectivity index (χ4v) is 1.35. The predicted octanol–water partition coefficient (Wildman–Crippen LogP) is 0.464. The van der Waals surface area contributed by atoms with E-state index in [0.717, 1.165) is 38.2 Å². The molecule has 4 heteroatoms. The van der Waals surface area contributed by atoms with E-state index in [2.05, 4.69) is 22.5 Å². The van der Waals surface area contributed by atoms with Crippen LogP contribution in [-0.4, -0.2) is 24.6 Å². The molecule has 0 saturated carbocycles. The van der Waals surface area contributed by atoms with Crippen molar-refractivity contribution in [1.82, 2.24) is 15.6 Å². The molecule has 0 aliphatic carbocycles. The standard InChI is InChI=1S/C11H19N3O/c1-2-12-5-3-6-13-9-10-4-7-14-11(15)8-10/h4,7-8,12-13H,2-3,5-6,9H2,1H3,(H,14,15). The van der Waals surface area contributed by atoms with Crippen LogP contribution in [0, 0.1) is 0 Å². The van der Waals surface area contributed by atoms with Crippen molar-refractivity contribution in [2.75, 3.05) is 19.6 Å². The van der Waals surface area contributed by atoms with Crippen molar-refractivity contribution in [3.8, 4) is 0 Å². The first-order valence-corrected chi connectivity index (χ1v) is 5.42. The van der Waals surface area contributed by atoms with Crippen LogP contribution in [0.5, 0.6) is 0 Å². The van der Waals surface area contributed by atoms with E-state index in [1.807, 2.05) is 6.07 Å². The van der Waals surface area contributed by atoms with Gasteiger partial charge in [-0.3, -0.25) is 4.79 Å². The first kappa shape index (κ1) is 11.9. The highest BCUT2D eigenvalue weighted by molar-refractivity contribution is 5.09. The summed E-state index contributed by atoms with van der Waals surface area (Å²) in [4.78, 5) is 13.6. The highest BCUT2D eigenvalue weighted by atomic mass is 16.1. The van der Waals surface area contributed by atoms with Gasteiger partial charge in [-0.25, -0.2) is 0 Å². The number of H-pyrrole nitrogens is 1. The highest BCUT2D eigenvalue weighted by Gasteiger charge is 1.92. The molecule has 1 heterocycles. The Labute approximate surface area is 90.1 Å². The van der Waals surface area contributed by atoms with E-state index in [9.17, 15) is 4.79 Å². The van der Waals surface area contributed by atoms with E-state index < -0.39 is 0 Å². The van der Waals surface area contributed by atoms with Gasteiger partial charge in [0.15, 0.2) is 0 Å². The van der Waals surface area contributed by atoms with E-state index in [1.165, 1.54) is 0 Å². The third-order valence-corrected chi connectivity index (χ3v) is 2.13. The van der Waals surface area contributed by atoms with Crippen LogP contribution < -0.4 is 16.2 Å². The molecule has 1 aromatic heterocycles. The molecule has 0 aliphatic rings. The quantitative estimate of drug-likeness (QED) is 0.572. The summed E-state index contributed by atoms with van der Waals surface area (Å²) in [5.41, 5.74) is 0.990. The summed E-state index contributed by atoms with van der Waals surface area (Å²) < 4.78 is 0. The van der Waals surface area contributed by atoms with Gasteiger partial charge in [-0.1, -0.05) is 6.92 Å². The Morgan fingerprint density at radius 2 is 2.13 bits per heavy atom. The maximum absolute atomic E-state index is 11.0. The number of aromatic amines is 1.